The minimum Gasteiger partial charge on any atom is -0.496 e. The zero-order valence-electron chi connectivity index (χ0n) is 22.4. The van der Waals surface area contributed by atoms with E-state index in [-0.39, 0.29) is 24.9 Å². The number of para-hydroxylation sites is 1. The molecule has 39 heavy (non-hydrogen) atoms. The Bertz CT molecular complexity index is 1380. The highest BCUT2D eigenvalue weighted by Gasteiger charge is 2.18. The summed E-state index contributed by atoms with van der Waals surface area (Å²) in [4.78, 5) is 22.9. The van der Waals surface area contributed by atoms with Crippen molar-refractivity contribution in [1.82, 2.24) is 5.32 Å². The summed E-state index contributed by atoms with van der Waals surface area (Å²) in [6, 6.07) is 22.7. The van der Waals surface area contributed by atoms with Crippen LogP contribution in [0.25, 0.3) is 22.3 Å². The van der Waals surface area contributed by atoms with E-state index in [1.807, 2.05) is 60.7 Å². The highest BCUT2D eigenvalue weighted by Crippen LogP contribution is 2.36. The van der Waals surface area contributed by atoms with Gasteiger partial charge < -0.3 is 29.6 Å². The second kappa shape index (κ2) is 12.9. The number of fused-ring (bicyclic) bond motifs is 1. The predicted molar refractivity (Wildman–Crippen MR) is 152 cm³/mol. The molecule has 4 aromatic rings. The number of carbonyl (C=O) groups is 2. The van der Waals surface area contributed by atoms with E-state index in [1.165, 1.54) is 0 Å². The number of aliphatic carboxylic acids is 1. The maximum atomic E-state index is 12.2. The summed E-state index contributed by atoms with van der Waals surface area (Å²) in [7, 11) is 1.63. The molecule has 4 rings (SSSR count). The van der Waals surface area contributed by atoms with E-state index >= 15 is 0 Å². The molecule has 0 saturated heterocycles. The molecule has 8 nitrogen and oxygen atoms in total. The third-order valence-electron chi connectivity index (χ3n) is 6.75. The predicted octanol–water partition coefficient (Wildman–Crippen LogP) is 6.22. The molecule has 1 heterocycles. The van der Waals surface area contributed by atoms with E-state index in [0.29, 0.717) is 29.6 Å². The number of carboxylic acids is 1. The lowest BCUT2D eigenvalue weighted by Crippen LogP contribution is -2.33. The smallest absolute Gasteiger partial charge is 0.305 e. The molecular weight excluding hydrogens is 496 g/mol. The summed E-state index contributed by atoms with van der Waals surface area (Å²) >= 11 is 0. The van der Waals surface area contributed by atoms with Crippen molar-refractivity contribution >= 4 is 28.5 Å². The topological polar surface area (TPSA) is 110 Å². The number of rotatable bonds is 13. The number of ether oxygens (including phenoxy) is 2. The third-order valence-corrected chi connectivity index (χ3v) is 6.75. The summed E-state index contributed by atoms with van der Waals surface area (Å²) in [6.07, 6.45) is 0.843. The van der Waals surface area contributed by atoms with Gasteiger partial charge in [-0.25, -0.2) is 0 Å². The maximum absolute atomic E-state index is 12.2. The Hall–Kier alpha value is -4.46. The molecule has 0 aliphatic rings. The first-order valence-electron chi connectivity index (χ1n) is 13.0. The SMILES string of the molecule is CC[C@H](C)[C@@H](COc1ccc(-c2cc3ccccc3o2)c(OC)c1)Nc1ccc(C(=O)NCCC(=O)O)cc1. The second-order valence-corrected chi connectivity index (χ2v) is 9.43. The molecule has 0 fully saturated rings. The van der Waals surface area contributed by atoms with E-state index in [4.69, 9.17) is 19.0 Å². The van der Waals surface area contributed by atoms with Gasteiger partial charge in [0.1, 0.15) is 29.4 Å². The average molecular weight is 531 g/mol. The van der Waals surface area contributed by atoms with Crippen molar-refractivity contribution in [2.45, 2.75) is 32.7 Å². The van der Waals surface area contributed by atoms with E-state index in [2.05, 4.69) is 24.5 Å². The van der Waals surface area contributed by atoms with E-state index in [9.17, 15) is 9.59 Å². The molecule has 0 aliphatic heterocycles. The van der Waals surface area contributed by atoms with Gasteiger partial charge in [-0.3, -0.25) is 9.59 Å². The van der Waals surface area contributed by atoms with Crippen LogP contribution in [0, 0.1) is 5.92 Å². The molecule has 204 valence electrons. The van der Waals surface area contributed by atoms with E-state index in [0.717, 1.165) is 34.4 Å². The normalized spacial score (nSPS) is 12.5. The van der Waals surface area contributed by atoms with Crippen LogP contribution in [0.1, 0.15) is 37.0 Å². The van der Waals surface area contributed by atoms with Gasteiger partial charge >= 0.3 is 5.97 Å². The molecule has 0 aliphatic carbocycles. The van der Waals surface area contributed by atoms with Gasteiger partial charge in [0.15, 0.2) is 0 Å². The monoisotopic (exact) mass is 530 g/mol. The molecule has 0 saturated carbocycles. The fourth-order valence-electron chi connectivity index (χ4n) is 4.22. The standard InChI is InChI=1S/C31H34N2O6/c1-4-20(2)26(33-23-11-9-21(10-12-23)31(36)32-16-15-30(34)35)19-38-24-13-14-25(28(18-24)37-3)29-17-22-7-5-6-8-27(22)39-29/h5-14,17-18,20,26,33H,4,15-16,19H2,1-3H3,(H,32,36)(H,34,35)/t20-,26+/m0/s1. The lowest BCUT2D eigenvalue weighted by Gasteiger charge is -2.26. The van der Waals surface area contributed by atoms with Crippen LogP contribution in [0.4, 0.5) is 5.69 Å². The van der Waals surface area contributed by atoms with Crippen LogP contribution < -0.4 is 20.1 Å². The molecule has 0 spiro atoms. The number of anilines is 1. The minimum atomic E-state index is -0.950. The van der Waals surface area contributed by atoms with Crippen molar-refractivity contribution in [1.29, 1.82) is 0 Å². The van der Waals surface area contributed by atoms with Gasteiger partial charge in [-0.05, 0) is 54.4 Å². The number of hydrogen-bond donors (Lipinski definition) is 3. The summed E-state index contributed by atoms with van der Waals surface area (Å²) in [6.45, 7) is 4.82. The lowest BCUT2D eigenvalue weighted by atomic mass is 9.99. The van der Waals surface area contributed by atoms with Gasteiger partial charge in [-0.15, -0.1) is 0 Å². The number of carboxylic acid groups (broad SMARTS) is 1. The first-order chi connectivity index (χ1) is 18.9. The molecular formula is C31H34N2O6. The zero-order chi connectivity index (χ0) is 27.8. The zero-order valence-corrected chi connectivity index (χ0v) is 22.4. The van der Waals surface area contributed by atoms with Crippen molar-refractivity contribution in [3.05, 3.63) is 78.4 Å². The van der Waals surface area contributed by atoms with Crippen LogP contribution in [0.5, 0.6) is 11.5 Å². The number of amides is 1. The Morgan fingerprint density at radius 3 is 2.49 bits per heavy atom. The number of benzene rings is 3. The summed E-state index contributed by atoms with van der Waals surface area (Å²) in [5.41, 5.74) is 3.01. The van der Waals surface area contributed by atoms with Crippen molar-refractivity contribution < 1.29 is 28.6 Å². The van der Waals surface area contributed by atoms with Gasteiger partial charge in [0.05, 0.1) is 25.1 Å². The number of furan rings is 1. The molecule has 0 unspecified atom stereocenters. The molecule has 8 heteroatoms. The van der Waals surface area contributed by atoms with Crippen LogP contribution in [0.3, 0.4) is 0 Å². The summed E-state index contributed by atoms with van der Waals surface area (Å²) in [5.74, 6) is 1.16. The highest BCUT2D eigenvalue weighted by atomic mass is 16.5. The number of carbonyl (C=O) groups excluding carboxylic acids is 1. The first kappa shape index (κ1) is 27.6. The Labute approximate surface area is 227 Å². The van der Waals surface area contributed by atoms with Crippen LogP contribution in [0.15, 0.2) is 77.2 Å². The molecule has 1 amide bonds. The fourth-order valence-corrected chi connectivity index (χ4v) is 4.22. The van der Waals surface area contributed by atoms with Crippen LogP contribution >= 0.6 is 0 Å². The molecule has 1 aromatic heterocycles. The summed E-state index contributed by atoms with van der Waals surface area (Å²) in [5, 5.41) is 15.9. The van der Waals surface area contributed by atoms with E-state index in [1.54, 1.807) is 19.2 Å². The molecule has 2 atom stereocenters. The lowest BCUT2D eigenvalue weighted by molar-refractivity contribution is -0.136. The fraction of sp³-hybridized carbons (Fsp3) is 0.290. The Morgan fingerprint density at radius 1 is 1.03 bits per heavy atom. The van der Waals surface area contributed by atoms with Gasteiger partial charge in [0.25, 0.3) is 5.91 Å². The van der Waals surface area contributed by atoms with Crippen molar-refractivity contribution in [2.24, 2.45) is 5.92 Å². The Kier molecular flexibility index (Phi) is 9.10. The summed E-state index contributed by atoms with van der Waals surface area (Å²) < 4.78 is 17.9. The maximum Gasteiger partial charge on any atom is 0.305 e. The van der Waals surface area contributed by atoms with Gasteiger partial charge in [-0.1, -0.05) is 38.5 Å². The first-order valence-corrected chi connectivity index (χ1v) is 13.0. The minimum absolute atomic E-state index is 0.0197. The molecule has 3 N–H and O–H groups in total. The molecule has 3 aromatic carbocycles. The number of hydrogen-bond acceptors (Lipinski definition) is 6. The van der Waals surface area contributed by atoms with E-state index < -0.39 is 5.97 Å². The van der Waals surface area contributed by atoms with Crippen LogP contribution in [-0.2, 0) is 4.79 Å². The van der Waals surface area contributed by atoms with Crippen molar-refractivity contribution in [3.8, 4) is 22.8 Å². The molecule has 0 bridgehead atoms. The van der Waals surface area contributed by atoms with Crippen LogP contribution in [-0.4, -0.2) is 43.3 Å². The number of methoxy groups -OCH3 is 1. The highest BCUT2D eigenvalue weighted by molar-refractivity contribution is 5.94. The molecule has 0 radical (unpaired) electrons. The second-order valence-electron chi connectivity index (χ2n) is 9.43. The van der Waals surface area contributed by atoms with Gasteiger partial charge in [0, 0.05) is 29.2 Å². The van der Waals surface area contributed by atoms with Gasteiger partial charge in [0.2, 0.25) is 0 Å². The Morgan fingerprint density at radius 2 is 1.79 bits per heavy atom. The van der Waals surface area contributed by atoms with Crippen molar-refractivity contribution in [3.63, 3.8) is 0 Å². The van der Waals surface area contributed by atoms with Crippen molar-refractivity contribution in [2.75, 3.05) is 25.6 Å². The number of nitrogens with one attached hydrogen (secondary N) is 2. The third kappa shape index (κ3) is 7.10. The van der Waals surface area contributed by atoms with Crippen LogP contribution in [0.2, 0.25) is 0 Å². The largest absolute Gasteiger partial charge is 0.496 e. The average Bonchev–Trinajstić information content (AvgIpc) is 3.39. The quantitative estimate of drug-likeness (QED) is 0.188. The Balaban J connectivity index is 1.41. The van der Waals surface area contributed by atoms with Gasteiger partial charge in [-0.2, -0.15) is 0 Å².